The van der Waals surface area contributed by atoms with Gasteiger partial charge in [-0.05, 0) is 67.0 Å². The molecule has 0 saturated carbocycles. The van der Waals surface area contributed by atoms with Crippen molar-refractivity contribution < 1.29 is 18.7 Å². The number of hydrogen-bond acceptors (Lipinski definition) is 5. The van der Waals surface area contributed by atoms with E-state index in [-0.39, 0.29) is 18.7 Å². The number of benzene rings is 1. The smallest absolute Gasteiger partial charge is 0.337 e. The number of pyridine rings is 1. The number of aryl methyl sites for hydroxylation is 1. The molecule has 0 N–H and O–H groups in total. The minimum absolute atomic E-state index is 0.104. The van der Waals surface area contributed by atoms with Crippen LogP contribution in [0.4, 0.5) is 4.39 Å². The Morgan fingerprint density at radius 3 is 2.97 bits per heavy atom. The van der Waals surface area contributed by atoms with Crippen LogP contribution in [0.3, 0.4) is 0 Å². The largest absolute Gasteiger partial charge is 0.473 e. The maximum atomic E-state index is 12.4. The monoisotopic (exact) mass is 424 g/mol. The number of carbonyl (C=O) groups excluding carboxylic acids is 1. The van der Waals surface area contributed by atoms with Gasteiger partial charge in [-0.2, -0.15) is 0 Å². The Kier molecular flexibility index (Phi) is 6.97. The van der Waals surface area contributed by atoms with Crippen molar-refractivity contribution in [1.82, 2.24) is 9.88 Å². The van der Waals surface area contributed by atoms with Gasteiger partial charge in [-0.25, -0.2) is 9.78 Å². The predicted molar refractivity (Wildman–Crippen MR) is 118 cm³/mol. The molecule has 1 aromatic carbocycles. The van der Waals surface area contributed by atoms with Crippen molar-refractivity contribution in [2.24, 2.45) is 0 Å². The number of aromatic nitrogens is 1. The number of halogens is 1. The van der Waals surface area contributed by atoms with Crippen LogP contribution in [-0.4, -0.2) is 55.4 Å². The van der Waals surface area contributed by atoms with Gasteiger partial charge in [-0.3, -0.25) is 9.29 Å². The van der Waals surface area contributed by atoms with Crippen LogP contribution in [0.2, 0.25) is 0 Å². The van der Waals surface area contributed by atoms with E-state index in [2.05, 4.69) is 16.0 Å². The van der Waals surface area contributed by atoms with Gasteiger partial charge in [0.25, 0.3) is 0 Å². The molecule has 1 saturated heterocycles. The van der Waals surface area contributed by atoms with E-state index in [1.165, 1.54) is 7.11 Å². The molecule has 2 aliphatic rings. The molecule has 1 aliphatic heterocycles. The normalized spacial score (nSPS) is 18.8. The van der Waals surface area contributed by atoms with E-state index < -0.39 is 0 Å². The number of likely N-dealkylation sites (tertiary alicyclic amines) is 1. The SMILES string of the molecule is COC(=O)c1ccc2c(c1)CCCC=C2c1ccc(O[C@H]2CCN(CCCF)C2)nc1. The van der Waals surface area contributed by atoms with E-state index >= 15 is 0 Å². The van der Waals surface area contributed by atoms with Crippen molar-refractivity contribution in [2.45, 2.75) is 38.2 Å². The van der Waals surface area contributed by atoms with E-state index in [0.29, 0.717) is 17.9 Å². The Bertz CT molecular complexity index is 942. The van der Waals surface area contributed by atoms with Gasteiger partial charge in [0.1, 0.15) is 6.10 Å². The summed E-state index contributed by atoms with van der Waals surface area (Å²) in [6, 6.07) is 9.75. The molecule has 5 nitrogen and oxygen atoms in total. The Balaban J connectivity index is 1.47. The third kappa shape index (κ3) is 5.13. The summed E-state index contributed by atoms with van der Waals surface area (Å²) in [6.45, 7) is 2.28. The number of nitrogens with zero attached hydrogens (tertiary/aromatic N) is 2. The summed E-state index contributed by atoms with van der Waals surface area (Å²) in [5.41, 5.74) is 5.06. The Hall–Kier alpha value is -2.73. The molecule has 1 atom stereocenters. The van der Waals surface area contributed by atoms with E-state index in [0.717, 1.165) is 67.6 Å². The lowest BCUT2D eigenvalue weighted by molar-refractivity contribution is 0.0600. The molecule has 0 spiro atoms. The number of alkyl halides is 1. The summed E-state index contributed by atoms with van der Waals surface area (Å²) < 4.78 is 23.3. The van der Waals surface area contributed by atoms with Crippen LogP contribution in [0.15, 0.2) is 42.6 Å². The Morgan fingerprint density at radius 2 is 2.19 bits per heavy atom. The second-order valence-electron chi connectivity index (χ2n) is 8.13. The lowest BCUT2D eigenvalue weighted by Crippen LogP contribution is -2.26. The number of allylic oxidation sites excluding steroid dienone is 1. The summed E-state index contributed by atoms with van der Waals surface area (Å²) in [7, 11) is 1.40. The first kappa shape index (κ1) is 21.5. The maximum Gasteiger partial charge on any atom is 0.337 e. The van der Waals surface area contributed by atoms with Gasteiger partial charge >= 0.3 is 5.97 Å². The molecule has 4 rings (SSSR count). The molecule has 0 radical (unpaired) electrons. The molecule has 31 heavy (non-hydrogen) atoms. The molecule has 1 fully saturated rings. The number of esters is 1. The number of rotatable bonds is 7. The molecule has 1 aliphatic carbocycles. The molecular formula is C25H29FN2O3. The summed E-state index contributed by atoms with van der Waals surface area (Å²) in [6.07, 6.45) is 8.68. The van der Waals surface area contributed by atoms with Crippen LogP contribution < -0.4 is 4.74 Å². The highest BCUT2D eigenvalue weighted by Gasteiger charge is 2.24. The third-order valence-corrected chi connectivity index (χ3v) is 5.99. The van der Waals surface area contributed by atoms with Crippen molar-refractivity contribution in [1.29, 1.82) is 0 Å². The quantitative estimate of drug-likeness (QED) is 0.615. The topological polar surface area (TPSA) is 51.7 Å². The van der Waals surface area contributed by atoms with Gasteiger partial charge in [0.05, 0.1) is 19.3 Å². The third-order valence-electron chi connectivity index (χ3n) is 5.99. The lowest BCUT2D eigenvalue weighted by Gasteiger charge is -2.16. The van der Waals surface area contributed by atoms with E-state index in [1.54, 1.807) is 0 Å². The molecule has 6 heteroatoms. The summed E-state index contributed by atoms with van der Waals surface area (Å²) in [5, 5.41) is 0. The maximum absolute atomic E-state index is 12.4. The zero-order chi connectivity index (χ0) is 21.6. The van der Waals surface area contributed by atoms with Crippen LogP contribution in [-0.2, 0) is 11.2 Å². The predicted octanol–water partition coefficient (Wildman–Crippen LogP) is 4.45. The van der Waals surface area contributed by atoms with Crippen molar-refractivity contribution >= 4 is 11.5 Å². The second kappa shape index (κ2) is 10.1. The van der Waals surface area contributed by atoms with Crippen LogP contribution in [0.5, 0.6) is 5.88 Å². The molecule has 2 aromatic rings. The number of fused-ring (bicyclic) bond motifs is 1. The Labute approximate surface area is 182 Å². The molecule has 2 heterocycles. The molecule has 0 bridgehead atoms. The highest BCUT2D eigenvalue weighted by molar-refractivity contribution is 5.91. The number of carbonyl (C=O) groups is 1. The minimum Gasteiger partial charge on any atom is -0.473 e. The van der Waals surface area contributed by atoms with E-state index in [4.69, 9.17) is 9.47 Å². The van der Waals surface area contributed by atoms with Gasteiger partial charge < -0.3 is 9.47 Å². The van der Waals surface area contributed by atoms with Crippen molar-refractivity contribution in [3.05, 3.63) is 64.9 Å². The van der Waals surface area contributed by atoms with Gasteiger partial charge in [0, 0.05) is 37.5 Å². The number of hydrogen-bond donors (Lipinski definition) is 0. The zero-order valence-electron chi connectivity index (χ0n) is 18.0. The molecular weight excluding hydrogens is 395 g/mol. The summed E-state index contributed by atoms with van der Waals surface area (Å²) >= 11 is 0. The van der Waals surface area contributed by atoms with E-state index in [9.17, 15) is 9.18 Å². The fourth-order valence-electron chi connectivity index (χ4n) is 4.39. The molecule has 0 unspecified atom stereocenters. The average Bonchev–Trinajstić information content (AvgIpc) is 3.14. The zero-order valence-corrected chi connectivity index (χ0v) is 18.0. The number of methoxy groups -OCH3 is 1. The highest BCUT2D eigenvalue weighted by atomic mass is 19.1. The highest BCUT2D eigenvalue weighted by Crippen LogP contribution is 2.32. The van der Waals surface area contributed by atoms with Crippen molar-refractivity contribution in [2.75, 3.05) is 33.4 Å². The standard InChI is InChI=1S/C25H29FN2O3/c1-30-25(29)19-7-9-23-18(15-19)5-2-3-6-22(23)20-8-10-24(27-16-20)31-21-11-14-28(17-21)13-4-12-26/h6-10,15-16,21H,2-5,11-14,17H2,1H3/t21-/m0/s1. The van der Waals surface area contributed by atoms with Gasteiger partial charge in [-0.15, -0.1) is 0 Å². The summed E-state index contributed by atoms with van der Waals surface area (Å²) in [5.74, 6) is 0.312. The molecule has 1 aromatic heterocycles. The first-order valence-corrected chi connectivity index (χ1v) is 11.0. The van der Waals surface area contributed by atoms with Crippen LogP contribution in [0.1, 0.15) is 52.7 Å². The first-order chi connectivity index (χ1) is 15.2. The first-order valence-electron chi connectivity index (χ1n) is 11.0. The van der Waals surface area contributed by atoms with Gasteiger partial charge in [0.2, 0.25) is 5.88 Å². The second-order valence-corrected chi connectivity index (χ2v) is 8.13. The molecule has 164 valence electrons. The van der Waals surface area contributed by atoms with Crippen LogP contribution in [0, 0.1) is 0 Å². The Morgan fingerprint density at radius 1 is 1.29 bits per heavy atom. The van der Waals surface area contributed by atoms with Gasteiger partial charge in [-0.1, -0.05) is 12.1 Å². The van der Waals surface area contributed by atoms with E-state index in [1.807, 2.05) is 36.5 Å². The molecule has 0 amide bonds. The lowest BCUT2D eigenvalue weighted by atomic mass is 9.93. The average molecular weight is 425 g/mol. The fourth-order valence-corrected chi connectivity index (χ4v) is 4.39. The number of ether oxygens (including phenoxy) is 2. The van der Waals surface area contributed by atoms with Gasteiger partial charge in [0.15, 0.2) is 0 Å². The van der Waals surface area contributed by atoms with Crippen LogP contribution >= 0.6 is 0 Å². The van der Waals surface area contributed by atoms with Crippen LogP contribution in [0.25, 0.3) is 5.57 Å². The minimum atomic E-state index is -0.309. The summed E-state index contributed by atoms with van der Waals surface area (Å²) in [4.78, 5) is 18.7. The van der Waals surface area contributed by atoms with Crippen molar-refractivity contribution in [3.8, 4) is 5.88 Å². The van der Waals surface area contributed by atoms with Crippen molar-refractivity contribution in [3.63, 3.8) is 0 Å². The fraction of sp³-hybridized carbons (Fsp3) is 0.440.